The lowest BCUT2D eigenvalue weighted by Gasteiger charge is -2.38. The lowest BCUT2D eigenvalue weighted by atomic mass is 9.76. The number of hydrogen-bond acceptors (Lipinski definition) is 8. The third-order valence-corrected chi connectivity index (χ3v) is 7.44. The van der Waals surface area contributed by atoms with Gasteiger partial charge >= 0.3 is 0 Å². The molecule has 0 radical (unpaired) electrons. The molecule has 1 aliphatic rings. The number of nitrogens with two attached hydrogens (primary N) is 1. The van der Waals surface area contributed by atoms with Crippen LogP contribution >= 0.6 is 0 Å². The number of rotatable bonds is 8. The van der Waals surface area contributed by atoms with Gasteiger partial charge in [0.2, 0.25) is 11.9 Å². The summed E-state index contributed by atoms with van der Waals surface area (Å²) in [6.07, 6.45) is 4.92. The minimum Gasteiger partial charge on any atom is -0.383 e. The van der Waals surface area contributed by atoms with E-state index < -0.39 is 29.3 Å². The van der Waals surface area contributed by atoms with Crippen molar-refractivity contribution in [3.8, 4) is 6.07 Å². The standard InChI is InChI=1S/C29H31F2N9O/c1-16-19(6-7-23(31)36-16)26(22-14-40(39-38-22)29(27(33)41)8-5-9-29)37-18-10-20-24(35-15-28(2,3)4)17(12-32)13-34-25(20)21(30)11-18/h6-7,10-11,13-14,26,37H,5,8-9,15H2,1-4H3,(H2,33,41)(H,34,35). The fourth-order valence-corrected chi connectivity index (χ4v) is 5.01. The zero-order valence-electron chi connectivity index (χ0n) is 23.3. The van der Waals surface area contributed by atoms with Gasteiger partial charge in [-0.2, -0.15) is 9.65 Å². The Morgan fingerprint density at radius 2 is 2.02 bits per heavy atom. The molecule has 41 heavy (non-hydrogen) atoms. The number of aryl methyl sites for hydroxylation is 1. The number of benzene rings is 1. The number of nitrogens with zero attached hydrogens (tertiary/aromatic N) is 6. The van der Waals surface area contributed by atoms with Crippen molar-refractivity contribution in [2.75, 3.05) is 17.2 Å². The van der Waals surface area contributed by atoms with E-state index in [0.29, 0.717) is 53.1 Å². The smallest absolute Gasteiger partial charge is 0.245 e. The predicted octanol–water partition coefficient (Wildman–Crippen LogP) is 4.70. The van der Waals surface area contributed by atoms with E-state index in [9.17, 15) is 14.4 Å². The third-order valence-electron chi connectivity index (χ3n) is 7.44. The van der Waals surface area contributed by atoms with Crippen molar-refractivity contribution in [2.24, 2.45) is 11.1 Å². The molecule has 5 rings (SSSR count). The van der Waals surface area contributed by atoms with Crippen LogP contribution in [-0.2, 0) is 10.3 Å². The summed E-state index contributed by atoms with van der Waals surface area (Å²) < 4.78 is 30.9. The van der Waals surface area contributed by atoms with Gasteiger partial charge in [-0.3, -0.25) is 9.78 Å². The Morgan fingerprint density at radius 3 is 2.63 bits per heavy atom. The van der Waals surface area contributed by atoms with Crippen molar-refractivity contribution in [3.05, 3.63) is 70.9 Å². The molecule has 4 N–H and O–H groups in total. The van der Waals surface area contributed by atoms with Crippen molar-refractivity contribution in [1.82, 2.24) is 25.0 Å². The molecule has 1 fully saturated rings. The Labute approximate surface area is 236 Å². The van der Waals surface area contributed by atoms with Gasteiger partial charge < -0.3 is 16.4 Å². The number of amides is 1. The number of halogens is 2. The zero-order chi connectivity index (χ0) is 29.5. The van der Waals surface area contributed by atoms with Crippen molar-refractivity contribution in [1.29, 1.82) is 5.26 Å². The number of aromatic nitrogens is 5. The third kappa shape index (κ3) is 5.27. The van der Waals surface area contributed by atoms with Crippen molar-refractivity contribution in [3.63, 3.8) is 0 Å². The summed E-state index contributed by atoms with van der Waals surface area (Å²) in [4.78, 5) is 20.4. The number of nitrogens with one attached hydrogen (secondary N) is 2. The summed E-state index contributed by atoms with van der Waals surface area (Å²) >= 11 is 0. The number of fused-ring (bicyclic) bond motifs is 1. The predicted molar refractivity (Wildman–Crippen MR) is 150 cm³/mol. The molecule has 12 heteroatoms. The summed E-state index contributed by atoms with van der Waals surface area (Å²) in [5.41, 5.74) is 7.28. The Kier molecular flexibility index (Phi) is 7.07. The monoisotopic (exact) mass is 559 g/mol. The molecule has 10 nitrogen and oxygen atoms in total. The van der Waals surface area contributed by atoms with Crippen LogP contribution in [0.2, 0.25) is 0 Å². The van der Waals surface area contributed by atoms with E-state index in [1.807, 2.05) is 20.8 Å². The molecule has 212 valence electrons. The van der Waals surface area contributed by atoms with Crippen molar-refractivity contribution < 1.29 is 13.6 Å². The molecule has 1 aliphatic carbocycles. The van der Waals surface area contributed by atoms with E-state index in [0.717, 1.165) is 6.42 Å². The number of nitriles is 1. The van der Waals surface area contributed by atoms with Gasteiger partial charge in [-0.05, 0) is 49.8 Å². The number of pyridine rings is 2. The molecule has 0 aliphatic heterocycles. The first kappa shape index (κ1) is 27.9. The number of hydrogen-bond donors (Lipinski definition) is 3. The lowest BCUT2D eigenvalue weighted by Crippen LogP contribution is -2.51. The first-order valence-electron chi connectivity index (χ1n) is 13.3. The molecular weight excluding hydrogens is 528 g/mol. The molecule has 0 bridgehead atoms. The van der Waals surface area contributed by atoms with E-state index in [1.165, 1.54) is 23.0 Å². The van der Waals surface area contributed by atoms with Crippen LogP contribution in [-0.4, -0.2) is 37.4 Å². The van der Waals surface area contributed by atoms with Crippen LogP contribution in [0, 0.1) is 35.4 Å². The highest BCUT2D eigenvalue weighted by Crippen LogP contribution is 2.39. The quantitative estimate of drug-likeness (QED) is 0.263. The molecule has 0 spiro atoms. The van der Waals surface area contributed by atoms with Crippen molar-refractivity contribution in [2.45, 2.75) is 58.5 Å². The van der Waals surface area contributed by atoms with Crippen molar-refractivity contribution >= 4 is 28.2 Å². The van der Waals surface area contributed by atoms with Crippen LogP contribution in [0.25, 0.3) is 10.9 Å². The van der Waals surface area contributed by atoms with Gasteiger partial charge in [-0.25, -0.2) is 14.1 Å². The van der Waals surface area contributed by atoms with E-state index in [2.05, 4.69) is 37.0 Å². The Morgan fingerprint density at radius 1 is 1.27 bits per heavy atom. The Balaban J connectivity index is 1.61. The molecule has 1 amide bonds. The molecule has 1 aromatic carbocycles. The molecule has 4 aromatic rings. The molecule has 3 aromatic heterocycles. The maximum Gasteiger partial charge on any atom is 0.245 e. The van der Waals surface area contributed by atoms with Crippen LogP contribution in [0.15, 0.2) is 36.7 Å². The minimum atomic E-state index is -0.950. The van der Waals surface area contributed by atoms with E-state index >= 15 is 4.39 Å². The molecular formula is C29H31F2N9O. The first-order chi connectivity index (χ1) is 19.4. The summed E-state index contributed by atoms with van der Waals surface area (Å²) in [7, 11) is 0. The highest BCUT2D eigenvalue weighted by Gasteiger charge is 2.46. The van der Waals surface area contributed by atoms with Crippen LogP contribution in [0.4, 0.5) is 20.2 Å². The normalized spacial score (nSPS) is 15.1. The van der Waals surface area contributed by atoms with E-state index in [-0.39, 0.29) is 16.5 Å². The topological polar surface area (TPSA) is 147 Å². The second-order valence-corrected chi connectivity index (χ2v) is 11.7. The lowest BCUT2D eigenvalue weighted by molar-refractivity contribution is -0.131. The van der Waals surface area contributed by atoms with Gasteiger partial charge in [0.25, 0.3) is 0 Å². The Bertz CT molecular complexity index is 1680. The molecule has 1 atom stereocenters. The summed E-state index contributed by atoms with van der Waals surface area (Å²) in [5, 5.41) is 25.3. The van der Waals surface area contributed by atoms with Crippen LogP contribution in [0.5, 0.6) is 0 Å². The molecule has 0 saturated heterocycles. The number of carbonyl (C=O) groups is 1. The minimum absolute atomic E-state index is 0.108. The van der Waals surface area contributed by atoms with Gasteiger partial charge in [0.05, 0.1) is 23.5 Å². The highest BCUT2D eigenvalue weighted by atomic mass is 19.1. The molecule has 1 saturated carbocycles. The second kappa shape index (κ2) is 10.4. The van der Waals surface area contributed by atoms with Gasteiger partial charge in [-0.15, -0.1) is 5.10 Å². The van der Waals surface area contributed by atoms with Crippen LogP contribution in [0.1, 0.15) is 68.6 Å². The molecule has 1 unspecified atom stereocenters. The first-order valence-corrected chi connectivity index (χ1v) is 13.3. The van der Waals surface area contributed by atoms with Crippen LogP contribution < -0.4 is 16.4 Å². The van der Waals surface area contributed by atoms with Crippen LogP contribution in [0.3, 0.4) is 0 Å². The molecule has 3 heterocycles. The summed E-state index contributed by atoms with van der Waals surface area (Å²) in [6.45, 7) is 8.34. The maximum atomic E-state index is 15.5. The highest BCUT2D eigenvalue weighted by molar-refractivity contribution is 5.96. The Hall–Kier alpha value is -4.66. The van der Waals surface area contributed by atoms with Gasteiger partial charge in [0.1, 0.15) is 22.8 Å². The fraction of sp³-hybridized carbons (Fsp3) is 0.379. The average Bonchev–Trinajstić information content (AvgIpc) is 3.34. The number of anilines is 2. The SMILES string of the molecule is Cc1nc(F)ccc1C(Nc1cc(F)c2ncc(C#N)c(NCC(C)(C)C)c2c1)c1cn(C2(C(N)=O)CCC2)nn1. The largest absolute Gasteiger partial charge is 0.383 e. The van der Waals surface area contributed by atoms with E-state index in [4.69, 9.17) is 5.73 Å². The summed E-state index contributed by atoms with van der Waals surface area (Å²) in [5.74, 6) is -1.72. The number of carbonyl (C=O) groups excluding carboxylic acids is 1. The van der Waals surface area contributed by atoms with Gasteiger partial charge in [-0.1, -0.05) is 32.1 Å². The zero-order valence-corrected chi connectivity index (χ0v) is 23.3. The average molecular weight is 560 g/mol. The fourth-order valence-electron chi connectivity index (χ4n) is 5.01. The number of primary amides is 1. The maximum absolute atomic E-state index is 15.5. The second-order valence-electron chi connectivity index (χ2n) is 11.7. The van der Waals surface area contributed by atoms with Gasteiger partial charge in [0, 0.05) is 35.1 Å². The summed E-state index contributed by atoms with van der Waals surface area (Å²) in [6, 6.07) is 7.21. The van der Waals surface area contributed by atoms with E-state index in [1.54, 1.807) is 25.3 Å². The van der Waals surface area contributed by atoms with Gasteiger partial charge in [0.15, 0.2) is 5.82 Å².